The van der Waals surface area contributed by atoms with Gasteiger partial charge in [-0.2, -0.15) is 0 Å². The lowest BCUT2D eigenvalue weighted by Crippen LogP contribution is -2.20. The van der Waals surface area contributed by atoms with Crippen molar-refractivity contribution in [3.05, 3.63) is 39.7 Å². The summed E-state index contributed by atoms with van der Waals surface area (Å²) in [7, 11) is 0. The number of benzene rings is 1. The Labute approximate surface area is 93.4 Å². The molecule has 0 heterocycles. The van der Waals surface area contributed by atoms with Crippen LogP contribution >= 0.6 is 0 Å². The number of nitrogens with two attached hydrogens (primary N) is 1. The van der Waals surface area contributed by atoms with Crippen molar-refractivity contribution in [3.63, 3.8) is 0 Å². The van der Waals surface area contributed by atoms with E-state index in [1.165, 1.54) is 0 Å². The molecule has 0 aliphatic rings. The van der Waals surface area contributed by atoms with E-state index in [9.17, 15) is 14.5 Å². The zero-order valence-electron chi connectivity index (χ0n) is 9.31. The molecule has 0 bridgehead atoms. The Kier molecular flexibility index (Phi) is 3.95. The van der Waals surface area contributed by atoms with E-state index in [2.05, 4.69) is 0 Å². The second kappa shape index (κ2) is 5.03. The van der Waals surface area contributed by atoms with Gasteiger partial charge in [-0.05, 0) is 18.1 Å². The molecule has 0 radical (unpaired) electrons. The third-order valence-electron chi connectivity index (χ3n) is 2.80. The molecule has 1 unspecified atom stereocenters. The van der Waals surface area contributed by atoms with Crippen molar-refractivity contribution in [1.82, 2.24) is 0 Å². The molecule has 0 aliphatic carbocycles. The molecule has 1 aromatic rings. The number of nitrogens with zero attached hydrogens (tertiary/aromatic N) is 1. The largest absolute Gasteiger partial charge is 0.324 e. The van der Waals surface area contributed by atoms with Crippen LogP contribution in [0.15, 0.2) is 18.2 Å². The van der Waals surface area contributed by atoms with Gasteiger partial charge in [0.25, 0.3) is 5.69 Å². The Morgan fingerprint density at radius 1 is 1.56 bits per heavy atom. The predicted molar refractivity (Wildman–Crippen MR) is 59.4 cm³/mol. The summed E-state index contributed by atoms with van der Waals surface area (Å²) in [6.45, 7) is 3.83. The van der Waals surface area contributed by atoms with Gasteiger partial charge in [-0.25, -0.2) is 4.39 Å². The maximum atomic E-state index is 13.1. The van der Waals surface area contributed by atoms with Gasteiger partial charge in [-0.15, -0.1) is 0 Å². The molecule has 0 saturated heterocycles. The molecule has 0 spiro atoms. The summed E-state index contributed by atoms with van der Waals surface area (Å²) < 4.78 is 13.1. The Hall–Kier alpha value is -1.49. The van der Waals surface area contributed by atoms with Gasteiger partial charge in [0.1, 0.15) is 5.82 Å². The zero-order valence-corrected chi connectivity index (χ0v) is 9.31. The molecule has 1 aromatic carbocycles. The van der Waals surface area contributed by atoms with Gasteiger partial charge in [0.15, 0.2) is 0 Å². The molecular weight excluding hydrogens is 211 g/mol. The second-order valence-electron chi connectivity index (χ2n) is 3.87. The van der Waals surface area contributed by atoms with Crippen LogP contribution in [-0.2, 0) is 0 Å². The average molecular weight is 226 g/mol. The minimum absolute atomic E-state index is 0.0699. The Bertz CT molecular complexity index is 396. The number of rotatable bonds is 4. The van der Waals surface area contributed by atoms with E-state index in [1.807, 2.05) is 13.8 Å². The summed E-state index contributed by atoms with van der Waals surface area (Å²) >= 11 is 0. The molecule has 0 amide bonds. The molecular formula is C11H15FN2O2. The molecule has 0 aliphatic heterocycles. The molecule has 2 atom stereocenters. The molecule has 0 fully saturated rings. The highest BCUT2D eigenvalue weighted by molar-refractivity contribution is 5.42. The molecule has 16 heavy (non-hydrogen) atoms. The monoisotopic (exact) mass is 226 g/mol. The Balaban J connectivity index is 3.19. The van der Waals surface area contributed by atoms with E-state index < -0.39 is 16.8 Å². The summed E-state index contributed by atoms with van der Waals surface area (Å²) in [6, 6.07) is 2.87. The highest BCUT2D eigenvalue weighted by Crippen LogP contribution is 2.30. The first-order valence-electron chi connectivity index (χ1n) is 5.16. The topological polar surface area (TPSA) is 69.2 Å². The zero-order chi connectivity index (χ0) is 12.3. The molecule has 0 saturated carbocycles. The molecule has 1 rings (SSSR count). The van der Waals surface area contributed by atoms with Gasteiger partial charge < -0.3 is 5.73 Å². The second-order valence-corrected chi connectivity index (χ2v) is 3.87. The molecule has 0 aromatic heterocycles. The fraction of sp³-hybridized carbons (Fsp3) is 0.455. The van der Waals surface area contributed by atoms with Gasteiger partial charge in [-0.1, -0.05) is 20.3 Å². The smallest absolute Gasteiger partial charge is 0.274 e. The van der Waals surface area contributed by atoms with Crippen molar-refractivity contribution < 1.29 is 9.31 Å². The van der Waals surface area contributed by atoms with Crippen LogP contribution in [0, 0.1) is 21.8 Å². The van der Waals surface area contributed by atoms with Crippen LogP contribution in [0.5, 0.6) is 0 Å². The lowest BCUT2D eigenvalue weighted by molar-refractivity contribution is -0.385. The van der Waals surface area contributed by atoms with Gasteiger partial charge in [0.2, 0.25) is 0 Å². The van der Waals surface area contributed by atoms with Gasteiger partial charge in [0.05, 0.1) is 4.92 Å². The quantitative estimate of drug-likeness (QED) is 0.634. The minimum Gasteiger partial charge on any atom is -0.324 e. The SMILES string of the molecule is CCC(C)[C@H](N)c1cc(F)ccc1[N+](=O)[O-]. The number of hydrogen-bond acceptors (Lipinski definition) is 3. The third-order valence-corrected chi connectivity index (χ3v) is 2.80. The van der Waals surface area contributed by atoms with Crippen LogP contribution in [0.4, 0.5) is 10.1 Å². The van der Waals surface area contributed by atoms with Crippen molar-refractivity contribution >= 4 is 5.69 Å². The van der Waals surface area contributed by atoms with Crippen molar-refractivity contribution in [3.8, 4) is 0 Å². The van der Waals surface area contributed by atoms with Crippen molar-refractivity contribution in [1.29, 1.82) is 0 Å². The van der Waals surface area contributed by atoms with Gasteiger partial charge in [0, 0.05) is 17.7 Å². The standard InChI is InChI=1S/C11H15FN2O2/c1-3-7(2)11(13)9-6-8(12)4-5-10(9)14(15)16/h4-7,11H,3,13H2,1-2H3/t7?,11-/m0/s1. The first kappa shape index (κ1) is 12.6. The first-order valence-corrected chi connectivity index (χ1v) is 5.16. The molecule has 88 valence electrons. The van der Waals surface area contributed by atoms with E-state index in [0.29, 0.717) is 0 Å². The lowest BCUT2D eigenvalue weighted by atomic mass is 9.92. The van der Waals surface area contributed by atoms with Crippen LogP contribution in [0.1, 0.15) is 31.9 Å². The Morgan fingerprint density at radius 2 is 2.19 bits per heavy atom. The van der Waals surface area contributed by atoms with Crippen molar-refractivity contribution in [2.24, 2.45) is 11.7 Å². The third kappa shape index (κ3) is 2.55. The number of halogens is 1. The average Bonchev–Trinajstić information content (AvgIpc) is 2.26. The summed E-state index contributed by atoms with van der Waals surface area (Å²) in [6.07, 6.45) is 0.787. The van der Waals surface area contributed by atoms with E-state index in [1.54, 1.807) is 0 Å². The number of nitro benzene ring substituents is 1. The first-order chi connectivity index (χ1) is 7.47. The van der Waals surface area contributed by atoms with Crippen LogP contribution in [0.3, 0.4) is 0 Å². The maximum Gasteiger partial charge on any atom is 0.274 e. The number of nitro groups is 1. The van der Waals surface area contributed by atoms with Crippen LogP contribution in [-0.4, -0.2) is 4.92 Å². The Morgan fingerprint density at radius 3 is 2.69 bits per heavy atom. The minimum atomic E-state index is -0.531. The van der Waals surface area contributed by atoms with Gasteiger partial charge in [-0.3, -0.25) is 10.1 Å². The highest BCUT2D eigenvalue weighted by atomic mass is 19.1. The van der Waals surface area contributed by atoms with E-state index in [0.717, 1.165) is 24.6 Å². The van der Waals surface area contributed by atoms with E-state index in [-0.39, 0.29) is 17.2 Å². The molecule has 4 nitrogen and oxygen atoms in total. The van der Waals surface area contributed by atoms with Crippen LogP contribution < -0.4 is 5.73 Å². The van der Waals surface area contributed by atoms with Gasteiger partial charge >= 0.3 is 0 Å². The summed E-state index contributed by atoms with van der Waals surface area (Å²) in [5.41, 5.74) is 6.03. The summed E-state index contributed by atoms with van der Waals surface area (Å²) in [5.74, 6) is -0.431. The fourth-order valence-corrected chi connectivity index (χ4v) is 1.52. The summed E-state index contributed by atoms with van der Waals surface area (Å²) in [5, 5.41) is 10.8. The van der Waals surface area contributed by atoms with Crippen molar-refractivity contribution in [2.45, 2.75) is 26.3 Å². The molecule has 5 heteroatoms. The van der Waals surface area contributed by atoms with E-state index >= 15 is 0 Å². The number of hydrogen-bond donors (Lipinski definition) is 1. The van der Waals surface area contributed by atoms with E-state index in [4.69, 9.17) is 5.73 Å². The van der Waals surface area contributed by atoms with Crippen LogP contribution in [0.2, 0.25) is 0 Å². The van der Waals surface area contributed by atoms with Crippen LogP contribution in [0.25, 0.3) is 0 Å². The predicted octanol–water partition coefficient (Wildman–Crippen LogP) is 2.78. The summed E-state index contributed by atoms with van der Waals surface area (Å²) in [4.78, 5) is 10.2. The maximum absolute atomic E-state index is 13.1. The van der Waals surface area contributed by atoms with Crippen molar-refractivity contribution in [2.75, 3.05) is 0 Å². The fourth-order valence-electron chi connectivity index (χ4n) is 1.52. The normalized spacial score (nSPS) is 14.5. The highest BCUT2D eigenvalue weighted by Gasteiger charge is 2.23. The lowest BCUT2D eigenvalue weighted by Gasteiger charge is -2.18. The molecule has 2 N–H and O–H groups in total.